The predicted molar refractivity (Wildman–Crippen MR) is 65.8 cm³/mol. The lowest BCUT2D eigenvalue weighted by molar-refractivity contribution is -0.144. The molecule has 3 aliphatic carbocycles. The summed E-state index contributed by atoms with van der Waals surface area (Å²) in [6.45, 7) is 0. The van der Waals surface area contributed by atoms with E-state index in [9.17, 15) is 14.7 Å². The molecule has 3 aliphatic rings. The molecule has 0 saturated heterocycles. The van der Waals surface area contributed by atoms with Crippen LogP contribution in [-0.4, -0.2) is 23.0 Å². The van der Waals surface area contributed by atoms with Crippen molar-refractivity contribution in [1.29, 1.82) is 0 Å². The first-order valence-corrected chi connectivity index (χ1v) is 6.85. The average molecular weight is 249 g/mol. The normalized spacial score (nSPS) is 38.2. The van der Waals surface area contributed by atoms with Crippen molar-refractivity contribution in [1.82, 2.24) is 5.32 Å². The van der Waals surface area contributed by atoms with E-state index in [-0.39, 0.29) is 29.7 Å². The Morgan fingerprint density at radius 2 is 1.78 bits per heavy atom. The van der Waals surface area contributed by atoms with E-state index in [1.54, 1.807) is 0 Å². The van der Waals surface area contributed by atoms with Gasteiger partial charge < -0.3 is 10.4 Å². The fourth-order valence-corrected chi connectivity index (χ4v) is 3.97. The molecular formula is C14H19NO3. The number of amides is 1. The predicted octanol–water partition coefficient (Wildman–Crippen LogP) is 1.57. The van der Waals surface area contributed by atoms with Gasteiger partial charge in [-0.15, -0.1) is 0 Å². The molecule has 3 rings (SSSR count). The molecule has 4 atom stereocenters. The molecule has 0 aliphatic heterocycles. The van der Waals surface area contributed by atoms with E-state index >= 15 is 0 Å². The molecule has 2 bridgehead atoms. The maximum atomic E-state index is 12.1. The third-order valence-corrected chi connectivity index (χ3v) is 4.89. The molecule has 4 unspecified atom stereocenters. The largest absolute Gasteiger partial charge is 0.481 e. The fraction of sp³-hybridized carbons (Fsp3) is 0.714. The van der Waals surface area contributed by atoms with Crippen molar-refractivity contribution < 1.29 is 14.7 Å². The Morgan fingerprint density at radius 1 is 1.11 bits per heavy atom. The number of nitrogens with one attached hydrogen (secondary N) is 1. The first-order chi connectivity index (χ1) is 8.66. The van der Waals surface area contributed by atoms with E-state index in [4.69, 9.17) is 0 Å². The van der Waals surface area contributed by atoms with E-state index in [1.165, 1.54) is 0 Å². The van der Waals surface area contributed by atoms with Gasteiger partial charge in [0.1, 0.15) is 0 Å². The van der Waals surface area contributed by atoms with Crippen LogP contribution in [0, 0.1) is 23.7 Å². The van der Waals surface area contributed by atoms with Crippen LogP contribution in [0.15, 0.2) is 12.2 Å². The van der Waals surface area contributed by atoms with Crippen molar-refractivity contribution in [2.24, 2.45) is 23.7 Å². The highest BCUT2D eigenvalue weighted by atomic mass is 16.4. The van der Waals surface area contributed by atoms with Gasteiger partial charge in [0.25, 0.3) is 0 Å². The van der Waals surface area contributed by atoms with E-state index in [0.29, 0.717) is 5.92 Å². The zero-order valence-corrected chi connectivity index (χ0v) is 10.3. The van der Waals surface area contributed by atoms with Gasteiger partial charge >= 0.3 is 5.97 Å². The number of allylic oxidation sites excluding steroid dienone is 2. The molecule has 98 valence electrons. The Bertz CT molecular complexity index is 396. The van der Waals surface area contributed by atoms with Crippen LogP contribution in [0.25, 0.3) is 0 Å². The number of carbonyl (C=O) groups is 2. The fourth-order valence-electron chi connectivity index (χ4n) is 3.97. The van der Waals surface area contributed by atoms with Gasteiger partial charge in [-0.25, -0.2) is 0 Å². The molecular weight excluding hydrogens is 230 g/mol. The van der Waals surface area contributed by atoms with Crippen LogP contribution in [0.5, 0.6) is 0 Å². The lowest BCUT2D eigenvalue weighted by Crippen LogP contribution is -2.48. The average Bonchev–Trinajstić information content (AvgIpc) is 3.05. The number of hydrogen-bond donors (Lipinski definition) is 2. The highest BCUT2D eigenvalue weighted by Crippen LogP contribution is 2.48. The van der Waals surface area contributed by atoms with Crippen molar-refractivity contribution in [2.45, 2.75) is 38.1 Å². The van der Waals surface area contributed by atoms with Crippen LogP contribution >= 0.6 is 0 Å². The topological polar surface area (TPSA) is 66.4 Å². The van der Waals surface area contributed by atoms with Crippen LogP contribution < -0.4 is 5.32 Å². The molecule has 2 saturated carbocycles. The molecule has 0 spiro atoms. The Hall–Kier alpha value is -1.32. The molecule has 18 heavy (non-hydrogen) atoms. The van der Waals surface area contributed by atoms with Crippen LogP contribution in [0.4, 0.5) is 0 Å². The SMILES string of the molecule is O=C(NC1C2CCC(C2)C1C(=O)O)C1CC=CC1. The first-order valence-electron chi connectivity index (χ1n) is 6.85. The van der Waals surface area contributed by atoms with Crippen molar-refractivity contribution in [3.63, 3.8) is 0 Å². The second kappa shape index (κ2) is 4.41. The summed E-state index contributed by atoms with van der Waals surface area (Å²) in [5.41, 5.74) is 0. The molecule has 2 N–H and O–H groups in total. The molecule has 0 radical (unpaired) electrons. The van der Waals surface area contributed by atoms with Crippen molar-refractivity contribution >= 4 is 11.9 Å². The Morgan fingerprint density at radius 3 is 2.44 bits per heavy atom. The second-order valence-electron chi connectivity index (χ2n) is 5.87. The molecule has 0 aromatic heterocycles. The summed E-state index contributed by atoms with van der Waals surface area (Å²) in [7, 11) is 0. The minimum atomic E-state index is -0.739. The van der Waals surface area contributed by atoms with E-state index in [1.807, 2.05) is 12.2 Å². The quantitative estimate of drug-likeness (QED) is 0.746. The third kappa shape index (κ3) is 1.84. The van der Waals surface area contributed by atoms with Gasteiger partial charge in [-0.3, -0.25) is 9.59 Å². The summed E-state index contributed by atoms with van der Waals surface area (Å²) in [5.74, 6) is -0.365. The van der Waals surface area contributed by atoms with E-state index < -0.39 is 5.97 Å². The minimum Gasteiger partial charge on any atom is -0.481 e. The smallest absolute Gasteiger partial charge is 0.308 e. The molecule has 2 fully saturated rings. The van der Waals surface area contributed by atoms with Crippen LogP contribution in [0.1, 0.15) is 32.1 Å². The number of aliphatic carboxylic acids is 1. The summed E-state index contributed by atoms with van der Waals surface area (Å²) in [6, 6.07) is -0.130. The van der Waals surface area contributed by atoms with E-state index in [0.717, 1.165) is 32.1 Å². The summed E-state index contributed by atoms with van der Waals surface area (Å²) < 4.78 is 0. The van der Waals surface area contributed by atoms with Gasteiger partial charge in [-0.1, -0.05) is 12.2 Å². The minimum absolute atomic E-state index is 0.0265. The number of hydrogen-bond acceptors (Lipinski definition) is 2. The van der Waals surface area contributed by atoms with Gasteiger partial charge in [0.2, 0.25) is 5.91 Å². The molecule has 4 heteroatoms. The Labute approximate surface area is 106 Å². The highest BCUT2D eigenvalue weighted by molar-refractivity contribution is 5.81. The van der Waals surface area contributed by atoms with E-state index in [2.05, 4.69) is 5.32 Å². The van der Waals surface area contributed by atoms with Gasteiger partial charge in [0, 0.05) is 12.0 Å². The maximum absolute atomic E-state index is 12.1. The molecule has 1 amide bonds. The second-order valence-corrected chi connectivity index (χ2v) is 5.87. The van der Waals surface area contributed by atoms with Crippen molar-refractivity contribution in [2.75, 3.05) is 0 Å². The standard InChI is InChI=1S/C14H19NO3/c16-13(8-3-1-2-4-8)15-12-10-6-5-9(7-10)11(12)14(17)18/h1-2,8-12H,3-7H2,(H,15,16)(H,17,18). The van der Waals surface area contributed by atoms with Crippen LogP contribution in [0.2, 0.25) is 0 Å². The first kappa shape index (κ1) is 11.8. The third-order valence-electron chi connectivity index (χ3n) is 4.89. The monoisotopic (exact) mass is 249 g/mol. The number of carboxylic acids is 1. The summed E-state index contributed by atoms with van der Waals surface area (Å²) in [4.78, 5) is 23.4. The lowest BCUT2D eigenvalue weighted by Gasteiger charge is -2.29. The number of carbonyl (C=O) groups excluding carboxylic acids is 1. The zero-order chi connectivity index (χ0) is 12.7. The Kier molecular flexibility index (Phi) is 2.88. The van der Waals surface area contributed by atoms with Crippen LogP contribution in [0.3, 0.4) is 0 Å². The number of carboxylic acid groups (broad SMARTS) is 1. The number of rotatable bonds is 3. The maximum Gasteiger partial charge on any atom is 0.308 e. The van der Waals surface area contributed by atoms with Gasteiger partial charge in [-0.2, -0.15) is 0 Å². The molecule has 0 heterocycles. The van der Waals surface area contributed by atoms with Crippen molar-refractivity contribution in [3.05, 3.63) is 12.2 Å². The van der Waals surface area contributed by atoms with Crippen LogP contribution in [-0.2, 0) is 9.59 Å². The lowest BCUT2D eigenvalue weighted by atomic mass is 9.84. The molecule has 0 aromatic rings. The summed E-state index contributed by atoms with van der Waals surface area (Å²) >= 11 is 0. The molecule has 0 aromatic carbocycles. The summed E-state index contributed by atoms with van der Waals surface area (Å²) in [6.07, 6.45) is 8.71. The zero-order valence-electron chi connectivity index (χ0n) is 10.3. The Balaban J connectivity index is 1.67. The molecule has 4 nitrogen and oxygen atoms in total. The van der Waals surface area contributed by atoms with Crippen molar-refractivity contribution in [3.8, 4) is 0 Å². The summed E-state index contributed by atoms with van der Waals surface area (Å²) in [5, 5.41) is 12.3. The van der Waals surface area contributed by atoms with Gasteiger partial charge in [0.05, 0.1) is 5.92 Å². The highest BCUT2D eigenvalue weighted by Gasteiger charge is 2.51. The number of fused-ring (bicyclic) bond motifs is 2. The van der Waals surface area contributed by atoms with Gasteiger partial charge in [-0.05, 0) is 43.9 Å². The van der Waals surface area contributed by atoms with Gasteiger partial charge in [0.15, 0.2) is 0 Å².